The molecule has 0 spiro atoms. The molecule has 1 aromatic rings. The van der Waals surface area contributed by atoms with Crippen molar-refractivity contribution in [1.82, 2.24) is 0 Å². The molecule has 1 aromatic carbocycles. The van der Waals surface area contributed by atoms with E-state index < -0.39 is 0 Å². The molecule has 16 heavy (non-hydrogen) atoms. The van der Waals surface area contributed by atoms with Gasteiger partial charge < -0.3 is 5.73 Å². The van der Waals surface area contributed by atoms with Crippen molar-refractivity contribution in [1.29, 1.82) is 0 Å². The first-order valence-electron chi connectivity index (χ1n) is 6.63. The Balaban J connectivity index is 2.14. The zero-order chi connectivity index (χ0) is 11.4. The topological polar surface area (TPSA) is 26.0 Å². The Kier molecular flexibility index (Phi) is 3.87. The second kappa shape index (κ2) is 5.38. The van der Waals surface area contributed by atoms with E-state index in [0.29, 0.717) is 0 Å². The lowest BCUT2D eigenvalue weighted by molar-refractivity contribution is 0.454. The van der Waals surface area contributed by atoms with Crippen molar-refractivity contribution in [2.24, 2.45) is 0 Å². The van der Waals surface area contributed by atoms with Gasteiger partial charge in [0.05, 0.1) is 0 Å². The fraction of sp³-hybridized carbons (Fsp3) is 0.600. The van der Waals surface area contributed by atoms with Crippen LogP contribution in [0.4, 0.5) is 5.69 Å². The zero-order valence-corrected chi connectivity index (χ0v) is 10.3. The van der Waals surface area contributed by atoms with Gasteiger partial charge in [-0.1, -0.05) is 38.2 Å². The van der Waals surface area contributed by atoms with Crippen LogP contribution in [0.25, 0.3) is 0 Å². The van der Waals surface area contributed by atoms with E-state index in [4.69, 9.17) is 5.73 Å². The van der Waals surface area contributed by atoms with Crippen molar-refractivity contribution in [2.45, 2.75) is 57.8 Å². The predicted octanol–water partition coefficient (Wildman–Crippen LogP) is 4.41. The number of aryl methyl sites for hydroxylation is 1. The minimum atomic E-state index is 0.779. The van der Waals surface area contributed by atoms with E-state index >= 15 is 0 Å². The molecule has 0 amide bonds. The van der Waals surface area contributed by atoms with Gasteiger partial charge in [-0.05, 0) is 48.9 Å². The molecule has 1 aliphatic rings. The molecule has 1 aliphatic carbocycles. The molecule has 0 saturated heterocycles. The summed E-state index contributed by atoms with van der Waals surface area (Å²) >= 11 is 0. The molecule has 1 nitrogen and oxygen atoms in total. The highest BCUT2D eigenvalue weighted by Crippen LogP contribution is 2.33. The molecule has 1 saturated carbocycles. The first-order valence-corrected chi connectivity index (χ1v) is 6.63. The number of nitrogens with two attached hydrogens (primary N) is 1. The first-order chi connectivity index (χ1) is 7.77. The predicted molar refractivity (Wildman–Crippen MR) is 70.7 cm³/mol. The Morgan fingerprint density at radius 2 is 1.62 bits per heavy atom. The normalized spacial score (nSPS) is 19.1. The van der Waals surface area contributed by atoms with Crippen LogP contribution in [0.1, 0.15) is 62.0 Å². The zero-order valence-electron chi connectivity index (χ0n) is 10.3. The Morgan fingerprint density at radius 1 is 1.00 bits per heavy atom. The SMILES string of the molecule is Cc1cc(N)ccc1C1CCCCCCC1. The van der Waals surface area contributed by atoms with Crippen LogP contribution in [0.3, 0.4) is 0 Å². The molecule has 2 N–H and O–H groups in total. The summed E-state index contributed by atoms with van der Waals surface area (Å²) in [6.45, 7) is 2.20. The summed E-state index contributed by atoms with van der Waals surface area (Å²) in [5.74, 6) is 0.779. The minimum absolute atomic E-state index is 0.779. The van der Waals surface area contributed by atoms with Gasteiger partial charge in [0.15, 0.2) is 0 Å². The van der Waals surface area contributed by atoms with Gasteiger partial charge in [-0.2, -0.15) is 0 Å². The summed E-state index contributed by atoms with van der Waals surface area (Å²) in [5.41, 5.74) is 9.63. The lowest BCUT2D eigenvalue weighted by Crippen LogP contribution is -2.04. The lowest BCUT2D eigenvalue weighted by atomic mass is 9.84. The van der Waals surface area contributed by atoms with Crippen LogP contribution in [-0.2, 0) is 0 Å². The average molecular weight is 217 g/mol. The molecule has 0 aromatic heterocycles. The lowest BCUT2D eigenvalue weighted by Gasteiger charge is -2.22. The molecule has 0 heterocycles. The number of nitrogen functional groups attached to an aromatic ring is 1. The van der Waals surface area contributed by atoms with E-state index in [9.17, 15) is 0 Å². The number of benzene rings is 1. The summed E-state index contributed by atoms with van der Waals surface area (Å²) in [7, 11) is 0. The number of hydrogen-bond acceptors (Lipinski definition) is 1. The van der Waals surface area contributed by atoms with Gasteiger partial charge in [0, 0.05) is 5.69 Å². The van der Waals surface area contributed by atoms with Crippen LogP contribution in [0.2, 0.25) is 0 Å². The van der Waals surface area contributed by atoms with Crippen LogP contribution in [-0.4, -0.2) is 0 Å². The fourth-order valence-corrected chi connectivity index (χ4v) is 2.92. The molecule has 0 atom stereocenters. The molecule has 0 aliphatic heterocycles. The van der Waals surface area contributed by atoms with Crippen molar-refractivity contribution in [3.8, 4) is 0 Å². The van der Waals surface area contributed by atoms with Gasteiger partial charge in [0.2, 0.25) is 0 Å². The fourth-order valence-electron chi connectivity index (χ4n) is 2.92. The highest BCUT2D eigenvalue weighted by Gasteiger charge is 2.15. The van der Waals surface area contributed by atoms with Crippen molar-refractivity contribution in [3.63, 3.8) is 0 Å². The first kappa shape index (κ1) is 11.5. The molecule has 0 radical (unpaired) electrons. The van der Waals surface area contributed by atoms with E-state index in [-0.39, 0.29) is 0 Å². The van der Waals surface area contributed by atoms with Crippen LogP contribution < -0.4 is 5.73 Å². The van der Waals surface area contributed by atoms with Gasteiger partial charge in [-0.3, -0.25) is 0 Å². The highest BCUT2D eigenvalue weighted by atomic mass is 14.5. The van der Waals surface area contributed by atoms with E-state index in [1.807, 2.05) is 0 Å². The largest absolute Gasteiger partial charge is 0.399 e. The highest BCUT2D eigenvalue weighted by molar-refractivity contribution is 5.45. The Labute approximate surface area is 99.0 Å². The van der Waals surface area contributed by atoms with Gasteiger partial charge >= 0.3 is 0 Å². The molecule has 2 rings (SSSR count). The quantitative estimate of drug-likeness (QED) is 0.693. The standard InChI is InChI=1S/C15H23N/c1-12-11-14(16)9-10-15(12)13-7-5-3-2-4-6-8-13/h9-11,13H,2-8,16H2,1H3. The molecule has 0 bridgehead atoms. The summed E-state index contributed by atoms with van der Waals surface area (Å²) in [5, 5.41) is 0. The number of rotatable bonds is 1. The van der Waals surface area contributed by atoms with Gasteiger partial charge in [-0.15, -0.1) is 0 Å². The molecule has 0 unspecified atom stereocenters. The van der Waals surface area contributed by atoms with E-state index in [2.05, 4.69) is 25.1 Å². The summed E-state index contributed by atoms with van der Waals surface area (Å²) in [6.07, 6.45) is 9.81. The van der Waals surface area contributed by atoms with E-state index in [1.54, 1.807) is 0 Å². The molecule has 88 valence electrons. The smallest absolute Gasteiger partial charge is 0.0316 e. The average Bonchev–Trinajstić information content (AvgIpc) is 2.19. The summed E-state index contributed by atoms with van der Waals surface area (Å²) in [6, 6.07) is 6.42. The Bertz CT molecular complexity index is 335. The molecular formula is C15H23N. The monoisotopic (exact) mass is 217 g/mol. The maximum atomic E-state index is 5.81. The van der Waals surface area contributed by atoms with Crippen molar-refractivity contribution < 1.29 is 0 Å². The minimum Gasteiger partial charge on any atom is -0.399 e. The molecule has 1 fully saturated rings. The third-order valence-electron chi connectivity index (χ3n) is 3.84. The van der Waals surface area contributed by atoms with Crippen molar-refractivity contribution >= 4 is 5.69 Å². The van der Waals surface area contributed by atoms with Crippen LogP contribution >= 0.6 is 0 Å². The Hall–Kier alpha value is -0.980. The molecular weight excluding hydrogens is 194 g/mol. The van der Waals surface area contributed by atoms with Crippen LogP contribution in [0.15, 0.2) is 18.2 Å². The van der Waals surface area contributed by atoms with Crippen molar-refractivity contribution in [3.05, 3.63) is 29.3 Å². The summed E-state index contributed by atoms with van der Waals surface area (Å²) in [4.78, 5) is 0. The maximum absolute atomic E-state index is 5.81. The second-order valence-electron chi connectivity index (χ2n) is 5.16. The van der Waals surface area contributed by atoms with Crippen LogP contribution in [0, 0.1) is 6.92 Å². The van der Waals surface area contributed by atoms with Gasteiger partial charge in [-0.25, -0.2) is 0 Å². The maximum Gasteiger partial charge on any atom is 0.0316 e. The van der Waals surface area contributed by atoms with Gasteiger partial charge in [0.1, 0.15) is 0 Å². The summed E-state index contributed by atoms with van der Waals surface area (Å²) < 4.78 is 0. The second-order valence-corrected chi connectivity index (χ2v) is 5.16. The van der Waals surface area contributed by atoms with E-state index in [0.717, 1.165) is 11.6 Å². The third kappa shape index (κ3) is 2.78. The Morgan fingerprint density at radius 3 is 2.25 bits per heavy atom. The molecule has 1 heteroatoms. The van der Waals surface area contributed by atoms with Crippen molar-refractivity contribution in [2.75, 3.05) is 5.73 Å². The third-order valence-corrected chi connectivity index (χ3v) is 3.84. The van der Waals surface area contributed by atoms with Gasteiger partial charge in [0.25, 0.3) is 0 Å². The number of anilines is 1. The van der Waals surface area contributed by atoms with E-state index in [1.165, 1.54) is 56.1 Å². The number of hydrogen-bond donors (Lipinski definition) is 1. The van der Waals surface area contributed by atoms with Crippen LogP contribution in [0.5, 0.6) is 0 Å².